The van der Waals surface area contributed by atoms with Crippen molar-refractivity contribution in [3.63, 3.8) is 0 Å². The van der Waals surface area contributed by atoms with Crippen LogP contribution in [0.25, 0.3) is 0 Å². The third kappa shape index (κ3) is 3.43. The number of rotatable bonds is 5. The summed E-state index contributed by atoms with van der Waals surface area (Å²) in [6, 6.07) is 9.73. The van der Waals surface area contributed by atoms with Crippen LogP contribution in [0.5, 0.6) is 0 Å². The number of amides is 1. The SMILES string of the molecule is O=C(Cn1cnc(CO)c1)NCc1ccccc1. The van der Waals surface area contributed by atoms with Crippen LogP contribution >= 0.6 is 0 Å². The molecule has 0 bridgehead atoms. The van der Waals surface area contributed by atoms with Crippen LogP contribution < -0.4 is 5.32 Å². The summed E-state index contributed by atoms with van der Waals surface area (Å²) in [5.74, 6) is -0.0826. The summed E-state index contributed by atoms with van der Waals surface area (Å²) in [6.07, 6.45) is 3.19. The summed E-state index contributed by atoms with van der Waals surface area (Å²) in [5, 5.41) is 11.7. The number of nitrogens with zero attached hydrogens (tertiary/aromatic N) is 2. The highest BCUT2D eigenvalue weighted by atomic mass is 16.3. The predicted octanol–water partition coefficient (Wildman–Crippen LogP) is 0.692. The number of nitrogens with one attached hydrogen (secondary N) is 1. The largest absolute Gasteiger partial charge is 0.390 e. The highest BCUT2D eigenvalue weighted by Crippen LogP contribution is 1.98. The number of hydrogen-bond acceptors (Lipinski definition) is 3. The molecule has 1 aromatic carbocycles. The van der Waals surface area contributed by atoms with Gasteiger partial charge in [0.25, 0.3) is 0 Å². The van der Waals surface area contributed by atoms with Crippen molar-refractivity contribution < 1.29 is 9.90 Å². The topological polar surface area (TPSA) is 67.2 Å². The number of hydrogen-bond donors (Lipinski definition) is 2. The third-order valence-corrected chi connectivity index (χ3v) is 2.51. The lowest BCUT2D eigenvalue weighted by Crippen LogP contribution is -2.26. The van der Waals surface area contributed by atoms with Gasteiger partial charge in [0.15, 0.2) is 0 Å². The molecule has 0 saturated carbocycles. The minimum Gasteiger partial charge on any atom is -0.390 e. The quantitative estimate of drug-likeness (QED) is 0.814. The van der Waals surface area contributed by atoms with Crippen LogP contribution in [0.4, 0.5) is 0 Å². The number of carbonyl (C=O) groups excluding carboxylic acids is 1. The molecule has 0 spiro atoms. The zero-order chi connectivity index (χ0) is 12.8. The van der Waals surface area contributed by atoms with E-state index in [9.17, 15) is 4.79 Å². The summed E-state index contributed by atoms with van der Waals surface area (Å²) < 4.78 is 1.64. The monoisotopic (exact) mass is 245 g/mol. The number of carbonyl (C=O) groups is 1. The van der Waals surface area contributed by atoms with Crippen LogP contribution in [0.15, 0.2) is 42.9 Å². The molecule has 0 radical (unpaired) electrons. The van der Waals surface area contributed by atoms with Crippen molar-refractivity contribution >= 4 is 5.91 Å². The second kappa shape index (κ2) is 5.97. The van der Waals surface area contributed by atoms with E-state index < -0.39 is 0 Å². The van der Waals surface area contributed by atoms with E-state index in [1.807, 2.05) is 30.3 Å². The number of imidazole rings is 1. The fourth-order valence-electron chi connectivity index (χ4n) is 1.59. The third-order valence-electron chi connectivity index (χ3n) is 2.51. The van der Waals surface area contributed by atoms with Gasteiger partial charge in [-0.15, -0.1) is 0 Å². The average Bonchev–Trinajstić information content (AvgIpc) is 2.85. The van der Waals surface area contributed by atoms with E-state index in [0.717, 1.165) is 5.56 Å². The first-order valence-corrected chi connectivity index (χ1v) is 5.70. The second-order valence-corrected chi connectivity index (χ2v) is 3.96. The average molecular weight is 245 g/mol. The van der Waals surface area contributed by atoms with E-state index in [1.54, 1.807) is 10.8 Å². The van der Waals surface area contributed by atoms with Crippen LogP contribution in [-0.4, -0.2) is 20.6 Å². The molecule has 0 fully saturated rings. The first-order valence-electron chi connectivity index (χ1n) is 5.70. The molecule has 0 atom stereocenters. The molecule has 1 amide bonds. The van der Waals surface area contributed by atoms with E-state index in [2.05, 4.69) is 10.3 Å². The van der Waals surface area contributed by atoms with Crippen LogP contribution in [-0.2, 0) is 24.5 Å². The van der Waals surface area contributed by atoms with E-state index in [1.165, 1.54) is 6.33 Å². The molecule has 0 unspecified atom stereocenters. The Labute approximate surface area is 105 Å². The lowest BCUT2D eigenvalue weighted by atomic mass is 10.2. The fraction of sp³-hybridized carbons (Fsp3) is 0.231. The Kier molecular flexibility index (Phi) is 4.09. The van der Waals surface area contributed by atoms with E-state index >= 15 is 0 Å². The van der Waals surface area contributed by atoms with Gasteiger partial charge in [-0.25, -0.2) is 4.98 Å². The van der Waals surface area contributed by atoms with Gasteiger partial charge >= 0.3 is 0 Å². The Bertz CT molecular complexity index is 508. The molecular formula is C13H15N3O2. The van der Waals surface area contributed by atoms with Gasteiger partial charge in [-0.3, -0.25) is 4.79 Å². The lowest BCUT2D eigenvalue weighted by molar-refractivity contribution is -0.121. The van der Waals surface area contributed by atoms with Crippen LogP contribution in [0.1, 0.15) is 11.3 Å². The summed E-state index contributed by atoms with van der Waals surface area (Å²) in [4.78, 5) is 15.6. The molecule has 2 aromatic rings. The molecule has 2 rings (SSSR count). The molecule has 5 nitrogen and oxygen atoms in total. The maximum Gasteiger partial charge on any atom is 0.240 e. The van der Waals surface area contributed by atoms with Crippen molar-refractivity contribution in [3.8, 4) is 0 Å². The normalized spacial score (nSPS) is 10.3. The van der Waals surface area contributed by atoms with Crippen LogP contribution in [0.3, 0.4) is 0 Å². The van der Waals surface area contributed by atoms with Crippen LogP contribution in [0, 0.1) is 0 Å². The Morgan fingerprint density at radius 1 is 1.33 bits per heavy atom. The summed E-state index contributed by atoms with van der Waals surface area (Å²) in [6.45, 7) is 0.611. The Hall–Kier alpha value is -2.14. The zero-order valence-electron chi connectivity index (χ0n) is 9.91. The van der Waals surface area contributed by atoms with E-state index in [4.69, 9.17) is 5.11 Å². The summed E-state index contributed by atoms with van der Waals surface area (Å²) >= 11 is 0. The van der Waals surface area contributed by atoms with Gasteiger partial charge in [-0.05, 0) is 5.56 Å². The van der Waals surface area contributed by atoms with Gasteiger partial charge in [0.2, 0.25) is 5.91 Å². The van der Waals surface area contributed by atoms with E-state index in [-0.39, 0.29) is 19.1 Å². The van der Waals surface area contributed by atoms with Crippen molar-refractivity contribution in [1.29, 1.82) is 0 Å². The number of aliphatic hydroxyl groups is 1. The van der Waals surface area contributed by atoms with Gasteiger partial charge in [0.1, 0.15) is 6.54 Å². The van der Waals surface area contributed by atoms with Crippen molar-refractivity contribution in [1.82, 2.24) is 14.9 Å². The molecule has 0 saturated heterocycles. The van der Waals surface area contributed by atoms with Crippen LogP contribution in [0.2, 0.25) is 0 Å². The minimum atomic E-state index is -0.112. The minimum absolute atomic E-state index is 0.0826. The standard InChI is InChI=1S/C13H15N3O2/c17-9-12-7-16(10-15-12)8-13(18)14-6-11-4-2-1-3-5-11/h1-5,7,10,17H,6,8-9H2,(H,14,18). The summed E-state index contributed by atoms with van der Waals surface area (Å²) in [5.41, 5.74) is 1.62. The molecular weight excluding hydrogens is 230 g/mol. The molecule has 0 aliphatic heterocycles. The van der Waals surface area contributed by atoms with Crippen molar-refractivity contribution in [3.05, 3.63) is 54.1 Å². The van der Waals surface area contributed by atoms with Gasteiger partial charge in [-0.1, -0.05) is 30.3 Å². The molecule has 1 aromatic heterocycles. The van der Waals surface area contributed by atoms with Crippen molar-refractivity contribution in [2.45, 2.75) is 19.7 Å². The van der Waals surface area contributed by atoms with Crippen molar-refractivity contribution in [2.24, 2.45) is 0 Å². The first-order chi connectivity index (χ1) is 8.78. The number of aliphatic hydroxyl groups excluding tert-OH is 1. The van der Waals surface area contributed by atoms with Gasteiger partial charge < -0.3 is 15.0 Å². The fourth-order valence-corrected chi connectivity index (χ4v) is 1.59. The highest BCUT2D eigenvalue weighted by Gasteiger charge is 2.03. The van der Waals surface area contributed by atoms with Gasteiger partial charge in [0, 0.05) is 12.7 Å². The molecule has 5 heteroatoms. The Balaban J connectivity index is 1.82. The molecule has 0 aliphatic carbocycles. The Morgan fingerprint density at radius 3 is 2.78 bits per heavy atom. The van der Waals surface area contributed by atoms with E-state index in [0.29, 0.717) is 12.2 Å². The molecule has 1 heterocycles. The predicted molar refractivity (Wildman–Crippen MR) is 66.4 cm³/mol. The van der Waals surface area contributed by atoms with Gasteiger partial charge in [0.05, 0.1) is 18.6 Å². The molecule has 0 aliphatic rings. The zero-order valence-corrected chi connectivity index (χ0v) is 9.91. The number of aromatic nitrogens is 2. The molecule has 94 valence electrons. The maximum atomic E-state index is 11.7. The summed E-state index contributed by atoms with van der Waals surface area (Å²) in [7, 11) is 0. The second-order valence-electron chi connectivity index (χ2n) is 3.96. The smallest absolute Gasteiger partial charge is 0.240 e. The number of benzene rings is 1. The highest BCUT2D eigenvalue weighted by molar-refractivity contribution is 5.75. The van der Waals surface area contributed by atoms with Gasteiger partial charge in [-0.2, -0.15) is 0 Å². The maximum absolute atomic E-state index is 11.7. The van der Waals surface area contributed by atoms with Crippen molar-refractivity contribution in [2.75, 3.05) is 0 Å². The molecule has 2 N–H and O–H groups in total. The first kappa shape index (κ1) is 12.3. The lowest BCUT2D eigenvalue weighted by Gasteiger charge is -2.05. The molecule has 18 heavy (non-hydrogen) atoms. The Morgan fingerprint density at radius 2 is 2.11 bits per heavy atom.